The third-order valence-electron chi connectivity index (χ3n) is 6.51. The van der Waals surface area contributed by atoms with E-state index in [0.29, 0.717) is 16.7 Å². The minimum absolute atomic E-state index is 0.0498. The van der Waals surface area contributed by atoms with Crippen LogP contribution in [-0.2, 0) is 18.5 Å². The van der Waals surface area contributed by atoms with Gasteiger partial charge in [0.1, 0.15) is 25.1 Å². The van der Waals surface area contributed by atoms with Gasteiger partial charge in [0.2, 0.25) is 6.54 Å². The molecule has 1 aliphatic heterocycles. The monoisotopic (exact) mass is 585 g/mol. The molecule has 1 saturated heterocycles. The molecule has 3 heterocycles. The van der Waals surface area contributed by atoms with E-state index >= 15 is 0 Å². The lowest BCUT2D eigenvalue weighted by atomic mass is 10.1. The van der Waals surface area contributed by atoms with Crippen LogP contribution in [0, 0.1) is 6.57 Å². The number of amides is 1. The van der Waals surface area contributed by atoms with Crippen LogP contribution in [0.2, 0.25) is 0 Å². The Hall–Kier alpha value is -3.04. The van der Waals surface area contributed by atoms with Crippen molar-refractivity contribution in [2.24, 2.45) is 0 Å². The average molecular weight is 586 g/mol. The highest BCUT2D eigenvalue weighted by Crippen LogP contribution is 2.50. The molecule has 4 rings (SSSR count). The topological polar surface area (TPSA) is 117 Å². The van der Waals surface area contributed by atoms with Crippen LogP contribution >= 0.6 is 8.53 Å². The number of ether oxygens (including phenoxy) is 2. The zero-order valence-electron chi connectivity index (χ0n) is 26.1. The van der Waals surface area contributed by atoms with Crippen molar-refractivity contribution in [2.75, 3.05) is 25.6 Å². The van der Waals surface area contributed by atoms with Crippen molar-refractivity contribution in [3.63, 3.8) is 0 Å². The zero-order chi connectivity index (χ0) is 31.3. The maximum absolute atomic E-state index is 12.8. The molecule has 0 bridgehead atoms. The van der Waals surface area contributed by atoms with Gasteiger partial charge >= 0.3 is 0 Å². The smallest absolute Gasteiger partial charge is 0.259 e. The third-order valence-corrected chi connectivity index (χ3v) is 8.64. The Morgan fingerprint density at radius 1 is 1.22 bits per heavy atom. The molecule has 0 spiro atoms. The fraction of sp³-hybridized carbons (Fsp3) is 0.536. The number of rotatable bonds is 13. The van der Waals surface area contributed by atoms with Gasteiger partial charge in [-0.05, 0) is 46.2 Å². The number of carbonyl (C=O) groups excluding carboxylic acids is 1. The lowest BCUT2D eigenvalue weighted by Gasteiger charge is -2.38. The molecule has 0 radical (unpaired) electrons. The first-order valence-electron chi connectivity index (χ1n) is 14.4. The number of hydrogen-bond acceptors (Lipinski definition) is 9. The Morgan fingerprint density at radius 2 is 1.95 bits per heavy atom. The van der Waals surface area contributed by atoms with Gasteiger partial charge in [0.25, 0.3) is 14.4 Å². The Balaban J connectivity index is 1.68. The zero-order valence-corrected chi connectivity index (χ0v) is 25.0. The van der Waals surface area contributed by atoms with Gasteiger partial charge in [0, 0.05) is 27.5 Å². The molecule has 1 N–H and O–H groups in total. The summed E-state index contributed by atoms with van der Waals surface area (Å²) in [4.78, 5) is 29.3. The summed E-state index contributed by atoms with van der Waals surface area (Å²) in [5.41, 5.74) is 1.16. The molecule has 2 unspecified atom stereocenters. The number of aromatic nitrogens is 4. The van der Waals surface area contributed by atoms with Crippen molar-refractivity contribution < 1.29 is 26.1 Å². The summed E-state index contributed by atoms with van der Waals surface area (Å²) in [7, 11) is -0.206. The number of hydrogen-bond donors (Lipinski definition) is 1. The molecule has 1 aliphatic rings. The minimum atomic E-state index is -1.83. The number of fused-ring (bicyclic) bond motifs is 1. The van der Waals surface area contributed by atoms with E-state index in [1.54, 1.807) is 28.8 Å². The third kappa shape index (κ3) is 6.89. The van der Waals surface area contributed by atoms with E-state index in [2.05, 4.69) is 29.8 Å². The molecule has 0 aliphatic carbocycles. The van der Waals surface area contributed by atoms with Crippen LogP contribution < -0.4 is 5.32 Å². The molecule has 41 heavy (non-hydrogen) atoms. The molecular weight excluding hydrogens is 545 g/mol. The van der Waals surface area contributed by atoms with Gasteiger partial charge < -0.3 is 28.7 Å². The standard InChI is InChI=1S/C28H38N7O5P/c1-8-21-23(40-41(38-15-14-29-6)35(18(2)3)19(4)5)24(37-7)28(39-21)34-17-32-22-25(30-16-31-26(22)34)33-27(36)20-12-10-9-11-13-20/h9-13,16-19,21,23-24,28H,8,14-15H2,1-5,7H3,(H,30,31,33,36)/t21-,23?,24+,28-,41?/m1/s1/i8D2. The van der Waals surface area contributed by atoms with Crippen LogP contribution in [-0.4, -0.2) is 80.8 Å². The van der Waals surface area contributed by atoms with Crippen LogP contribution in [0.1, 0.15) is 60.3 Å². The highest BCUT2D eigenvalue weighted by molar-refractivity contribution is 7.44. The predicted octanol–water partition coefficient (Wildman–Crippen LogP) is 5.07. The molecular formula is C28H38N7O5P. The molecule has 12 nitrogen and oxygen atoms in total. The molecule has 5 atom stereocenters. The summed E-state index contributed by atoms with van der Waals surface area (Å²) in [6.07, 6.45) is -2.60. The number of benzene rings is 1. The maximum atomic E-state index is 12.8. The van der Waals surface area contributed by atoms with E-state index in [1.807, 2.05) is 33.8 Å². The van der Waals surface area contributed by atoms with E-state index < -0.39 is 39.4 Å². The van der Waals surface area contributed by atoms with Gasteiger partial charge in [-0.3, -0.25) is 9.36 Å². The van der Waals surface area contributed by atoms with Crippen LogP contribution in [0.4, 0.5) is 5.82 Å². The SMILES string of the molecule is [2H]C([2H])(C)[C@H]1O[C@@H](n2cnc3c(NC(=O)c4ccccc4)ncnc32)[C@@H](OC)C1OP(OCC[N+]#[C-])N(C(C)C)C(C)C. The molecule has 0 saturated carbocycles. The summed E-state index contributed by atoms with van der Waals surface area (Å²) >= 11 is 0. The second-order valence-corrected chi connectivity index (χ2v) is 11.3. The Morgan fingerprint density at radius 3 is 2.59 bits per heavy atom. The first-order valence-corrected chi connectivity index (χ1v) is 14.5. The summed E-state index contributed by atoms with van der Waals surface area (Å²) in [5.74, 6) is -0.123. The van der Waals surface area contributed by atoms with Crippen molar-refractivity contribution in [1.29, 1.82) is 0 Å². The Labute approximate surface area is 245 Å². The largest absolute Gasteiger partial charge is 0.374 e. The van der Waals surface area contributed by atoms with Gasteiger partial charge in [0.05, 0.1) is 12.4 Å². The molecule has 2 aromatic heterocycles. The highest BCUT2D eigenvalue weighted by atomic mass is 31.2. The molecule has 1 fully saturated rings. The number of imidazole rings is 1. The predicted molar refractivity (Wildman–Crippen MR) is 156 cm³/mol. The van der Waals surface area contributed by atoms with Crippen molar-refractivity contribution in [3.05, 3.63) is 60.0 Å². The number of nitrogens with one attached hydrogen (secondary N) is 1. The maximum Gasteiger partial charge on any atom is 0.259 e. The van der Waals surface area contributed by atoms with Crippen molar-refractivity contribution in [2.45, 2.75) is 77.6 Å². The molecule has 1 amide bonds. The Kier molecular flexibility index (Phi) is 9.75. The Bertz CT molecular complexity index is 1410. The van der Waals surface area contributed by atoms with E-state index in [4.69, 9.17) is 27.8 Å². The van der Waals surface area contributed by atoms with Crippen molar-refractivity contribution in [3.8, 4) is 0 Å². The number of methoxy groups -OCH3 is 1. The van der Waals surface area contributed by atoms with Gasteiger partial charge in [-0.2, -0.15) is 0 Å². The average Bonchev–Trinajstić information content (AvgIpc) is 3.55. The summed E-state index contributed by atoms with van der Waals surface area (Å²) in [6, 6.07) is 8.85. The van der Waals surface area contributed by atoms with Gasteiger partial charge in [0.15, 0.2) is 23.2 Å². The second-order valence-electron chi connectivity index (χ2n) is 9.89. The van der Waals surface area contributed by atoms with Crippen LogP contribution in [0.5, 0.6) is 0 Å². The molecule has 1 aromatic carbocycles. The van der Waals surface area contributed by atoms with E-state index in [9.17, 15) is 4.79 Å². The number of anilines is 1. The lowest BCUT2D eigenvalue weighted by molar-refractivity contribution is -0.0494. The quantitative estimate of drug-likeness (QED) is 0.167. The number of carbonyl (C=O) groups is 1. The second kappa shape index (κ2) is 14.2. The fourth-order valence-corrected chi connectivity index (χ4v) is 6.49. The normalized spacial score (nSPS) is 22.6. The van der Waals surface area contributed by atoms with Gasteiger partial charge in [-0.1, -0.05) is 25.1 Å². The first kappa shape index (κ1) is 28.1. The van der Waals surface area contributed by atoms with E-state index in [0.717, 1.165) is 0 Å². The van der Waals surface area contributed by atoms with Gasteiger partial charge in [-0.15, -0.1) is 0 Å². The van der Waals surface area contributed by atoms with Gasteiger partial charge in [-0.25, -0.2) is 26.2 Å². The van der Waals surface area contributed by atoms with E-state index in [-0.39, 0.29) is 37.0 Å². The molecule has 220 valence electrons. The summed E-state index contributed by atoms with van der Waals surface area (Å²) in [6.45, 7) is 17.0. The number of nitrogens with zero attached hydrogens (tertiary/aromatic N) is 6. The van der Waals surface area contributed by atoms with Crippen molar-refractivity contribution >= 4 is 31.4 Å². The summed E-state index contributed by atoms with van der Waals surface area (Å²) < 4.78 is 45.9. The summed E-state index contributed by atoms with van der Waals surface area (Å²) in [5, 5.41) is 2.79. The molecule has 3 aromatic rings. The highest BCUT2D eigenvalue weighted by Gasteiger charge is 2.49. The fourth-order valence-electron chi connectivity index (χ4n) is 4.75. The van der Waals surface area contributed by atoms with Crippen LogP contribution in [0.3, 0.4) is 0 Å². The first-order chi connectivity index (χ1) is 20.5. The van der Waals surface area contributed by atoms with Crippen LogP contribution in [0.25, 0.3) is 16.0 Å². The lowest BCUT2D eigenvalue weighted by Crippen LogP contribution is -2.39. The van der Waals surface area contributed by atoms with Crippen LogP contribution in [0.15, 0.2) is 43.0 Å². The van der Waals surface area contributed by atoms with E-state index in [1.165, 1.54) is 26.7 Å². The minimum Gasteiger partial charge on any atom is -0.374 e. The molecule has 13 heteroatoms. The van der Waals surface area contributed by atoms with Crippen molar-refractivity contribution in [1.82, 2.24) is 24.2 Å².